The SMILES string of the molecule is NOCC1(c2cc([N+](=O)[O-])ccc2O)CC1. The Hall–Kier alpha value is -1.66. The zero-order chi connectivity index (χ0) is 11.8. The quantitative estimate of drug-likeness (QED) is 0.591. The van der Waals surface area contributed by atoms with Crippen LogP contribution in [0.4, 0.5) is 5.69 Å². The lowest BCUT2D eigenvalue weighted by molar-refractivity contribution is -0.385. The summed E-state index contributed by atoms with van der Waals surface area (Å²) in [5.41, 5.74) is 0.174. The highest BCUT2D eigenvalue weighted by Crippen LogP contribution is 2.51. The maximum atomic E-state index is 10.6. The minimum absolute atomic E-state index is 0.0314. The highest BCUT2D eigenvalue weighted by Gasteiger charge is 2.47. The van der Waals surface area contributed by atoms with Gasteiger partial charge in [-0.2, -0.15) is 0 Å². The lowest BCUT2D eigenvalue weighted by Gasteiger charge is -2.15. The fourth-order valence-electron chi connectivity index (χ4n) is 1.86. The first-order valence-electron chi connectivity index (χ1n) is 4.89. The van der Waals surface area contributed by atoms with Crippen molar-refractivity contribution in [3.05, 3.63) is 33.9 Å². The Morgan fingerprint density at radius 3 is 2.75 bits per heavy atom. The van der Waals surface area contributed by atoms with Crippen molar-refractivity contribution in [2.24, 2.45) is 5.90 Å². The van der Waals surface area contributed by atoms with E-state index in [0.717, 1.165) is 12.8 Å². The molecular formula is C10H12N2O4. The van der Waals surface area contributed by atoms with Crippen LogP contribution in [0.1, 0.15) is 18.4 Å². The van der Waals surface area contributed by atoms with Crippen LogP contribution in [0.3, 0.4) is 0 Å². The molecule has 6 nitrogen and oxygen atoms in total. The summed E-state index contributed by atoms with van der Waals surface area (Å²) in [6, 6.07) is 4.00. The third-order valence-corrected chi connectivity index (χ3v) is 2.98. The average molecular weight is 224 g/mol. The van der Waals surface area contributed by atoms with Gasteiger partial charge in [0.1, 0.15) is 5.75 Å². The second kappa shape index (κ2) is 3.73. The molecule has 0 atom stereocenters. The molecule has 0 radical (unpaired) electrons. The topological polar surface area (TPSA) is 98.6 Å². The van der Waals surface area contributed by atoms with E-state index < -0.39 is 4.92 Å². The van der Waals surface area contributed by atoms with Gasteiger partial charge in [0.2, 0.25) is 0 Å². The van der Waals surface area contributed by atoms with E-state index in [0.29, 0.717) is 5.56 Å². The summed E-state index contributed by atoms with van der Waals surface area (Å²) in [5, 5.41) is 20.3. The Labute approximate surface area is 91.7 Å². The molecule has 1 aliphatic carbocycles. The van der Waals surface area contributed by atoms with Crippen molar-refractivity contribution in [2.45, 2.75) is 18.3 Å². The molecule has 0 heterocycles. The molecule has 86 valence electrons. The van der Waals surface area contributed by atoms with Gasteiger partial charge in [0.05, 0.1) is 11.5 Å². The first-order valence-corrected chi connectivity index (χ1v) is 4.89. The van der Waals surface area contributed by atoms with Gasteiger partial charge in [0.25, 0.3) is 5.69 Å². The van der Waals surface area contributed by atoms with Gasteiger partial charge in [-0.1, -0.05) is 0 Å². The lowest BCUT2D eigenvalue weighted by atomic mass is 9.95. The zero-order valence-corrected chi connectivity index (χ0v) is 8.55. The number of nitrogens with zero attached hydrogens (tertiary/aromatic N) is 1. The van der Waals surface area contributed by atoms with E-state index in [1.54, 1.807) is 0 Å². The van der Waals surface area contributed by atoms with Crippen LogP contribution in [0.25, 0.3) is 0 Å². The number of hydrogen-bond donors (Lipinski definition) is 2. The number of nitrogens with two attached hydrogens (primary N) is 1. The molecule has 1 aromatic rings. The van der Waals surface area contributed by atoms with Crippen LogP contribution < -0.4 is 5.90 Å². The van der Waals surface area contributed by atoms with Crippen LogP contribution in [-0.2, 0) is 10.3 Å². The molecule has 0 aliphatic heterocycles. The van der Waals surface area contributed by atoms with E-state index in [1.807, 2.05) is 0 Å². The number of phenolic OH excluding ortho intramolecular Hbond substituents is 1. The van der Waals surface area contributed by atoms with Gasteiger partial charge in [0.15, 0.2) is 0 Å². The molecule has 1 aliphatic rings. The van der Waals surface area contributed by atoms with Crippen molar-refractivity contribution >= 4 is 5.69 Å². The maximum absolute atomic E-state index is 10.6. The molecule has 0 aromatic heterocycles. The normalized spacial score (nSPS) is 17.1. The Bertz CT molecular complexity index is 429. The number of rotatable bonds is 4. The number of aromatic hydroxyl groups is 1. The minimum atomic E-state index is -0.484. The number of nitro benzene ring substituents is 1. The largest absolute Gasteiger partial charge is 0.508 e. The van der Waals surface area contributed by atoms with Crippen LogP contribution in [-0.4, -0.2) is 16.6 Å². The summed E-state index contributed by atoms with van der Waals surface area (Å²) in [5.74, 6) is 5.08. The third-order valence-electron chi connectivity index (χ3n) is 2.98. The monoisotopic (exact) mass is 224 g/mol. The molecular weight excluding hydrogens is 212 g/mol. The Kier molecular flexibility index (Phi) is 2.53. The molecule has 1 fully saturated rings. The van der Waals surface area contributed by atoms with Crippen molar-refractivity contribution in [3.63, 3.8) is 0 Å². The van der Waals surface area contributed by atoms with Gasteiger partial charge in [-0.25, -0.2) is 5.90 Å². The van der Waals surface area contributed by atoms with Gasteiger partial charge >= 0.3 is 0 Å². The molecule has 0 unspecified atom stereocenters. The summed E-state index contributed by atoms with van der Waals surface area (Å²) >= 11 is 0. The summed E-state index contributed by atoms with van der Waals surface area (Å²) in [4.78, 5) is 14.8. The second-order valence-corrected chi connectivity index (χ2v) is 4.05. The van der Waals surface area contributed by atoms with E-state index >= 15 is 0 Å². The number of nitro groups is 1. The van der Waals surface area contributed by atoms with Crippen LogP contribution >= 0.6 is 0 Å². The number of phenols is 1. The van der Waals surface area contributed by atoms with Crippen molar-refractivity contribution < 1.29 is 14.9 Å². The smallest absolute Gasteiger partial charge is 0.269 e. The molecule has 1 saturated carbocycles. The van der Waals surface area contributed by atoms with Crippen molar-refractivity contribution in [1.29, 1.82) is 0 Å². The highest BCUT2D eigenvalue weighted by molar-refractivity contribution is 5.49. The first kappa shape index (κ1) is 10.8. The summed E-state index contributed by atoms with van der Waals surface area (Å²) in [7, 11) is 0. The predicted octanol–water partition coefficient (Wildman–Crippen LogP) is 1.22. The Morgan fingerprint density at radius 1 is 1.56 bits per heavy atom. The first-order chi connectivity index (χ1) is 7.59. The van der Waals surface area contributed by atoms with E-state index in [2.05, 4.69) is 4.84 Å². The van der Waals surface area contributed by atoms with Crippen LogP contribution in [0, 0.1) is 10.1 Å². The Morgan fingerprint density at radius 2 is 2.25 bits per heavy atom. The lowest BCUT2D eigenvalue weighted by Crippen LogP contribution is -2.18. The summed E-state index contributed by atoms with van der Waals surface area (Å²) < 4.78 is 0. The van der Waals surface area contributed by atoms with Gasteiger partial charge in [0, 0.05) is 23.1 Å². The van der Waals surface area contributed by atoms with Crippen LogP contribution in [0.5, 0.6) is 5.75 Å². The van der Waals surface area contributed by atoms with Crippen molar-refractivity contribution in [3.8, 4) is 5.75 Å². The van der Waals surface area contributed by atoms with Crippen LogP contribution in [0.15, 0.2) is 18.2 Å². The maximum Gasteiger partial charge on any atom is 0.269 e. The van der Waals surface area contributed by atoms with E-state index in [9.17, 15) is 15.2 Å². The van der Waals surface area contributed by atoms with Gasteiger partial charge in [-0.05, 0) is 18.9 Å². The third kappa shape index (κ3) is 1.72. The Balaban J connectivity index is 2.40. The fourth-order valence-corrected chi connectivity index (χ4v) is 1.86. The number of benzene rings is 1. The highest BCUT2D eigenvalue weighted by atomic mass is 16.6. The molecule has 0 saturated heterocycles. The molecule has 16 heavy (non-hydrogen) atoms. The molecule has 6 heteroatoms. The molecule has 3 N–H and O–H groups in total. The minimum Gasteiger partial charge on any atom is -0.508 e. The van der Waals surface area contributed by atoms with Gasteiger partial charge < -0.3 is 9.94 Å². The molecule has 1 aromatic carbocycles. The second-order valence-electron chi connectivity index (χ2n) is 4.05. The van der Waals surface area contributed by atoms with Crippen molar-refractivity contribution in [1.82, 2.24) is 0 Å². The summed E-state index contributed by atoms with van der Waals surface area (Å²) in [6.07, 6.45) is 1.64. The summed E-state index contributed by atoms with van der Waals surface area (Å²) in [6.45, 7) is 0.266. The van der Waals surface area contributed by atoms with E-state index in [-0.39, 0.29) is 23.5 Å². The molecule has 2 rings (SSSR count). The number of hydrogen-bond acceptors (Lipinski definition) is 5. The standard InChI is InChI=1S/C10H12N2O4/c11-16-6-10(3-4-10)8-5-7(12(14)15)1-2-9(8)13/h1-2,5,13H,3-4,6,11H2. The zero-order valence-electron chi connectivity index (χ0n) is 8.55. The molecule has 0 bridgehead atoms. The van der Waals surface area contributed by atoms with E-state index in [4.69, 9.17) is 5.90 Å². The molecule has 0 amide bonds. The fraction of sp³-hybridized carbons (Fsp3) is 0.400. The molecule has 0 spiro atoms. The number of non-ortho nitro benzene ring substituents is 1. The van der Waals surface area contributed by atoms with Gasteiger partial charge in [-0.3, -0.25) is 10.1 Å². The van der Waals surface area contributed by atoms with Crippen LogP contribution in [0.2, 0.25) is 0 Å². The van der Waals surface area contributed by atoms with Gasteiger partial charge in [-0.15, -0.1) is 0 Å². The predicted molar refractivity (Wildman–Crippen MR) is 55.8 cm³/mol. The van der Waals surface area contributed by atoms with E-state index in [1.165, 1.54) is 18.2 Å². The average Bonchev–Trinajstić information content (AvgIpc) is 2.99. The van der Waals surface area contributed by atoms with Crippen molar-refractivity contribution in [2.75, 3.05) is 6.61 Å².